The molecule has 10 rings (SSSR count). The van der Waals surface area contributed by atoms with Crippen molar-refractivity contribution < 1.29 is 24.9 Å². The monoisotopic (exact) mass is 757 g/mol. The molecule has 2 bridgehead atoms. The summed E-state index contributed by atoms with van der Waals surface area (Å²) in [5.74, 6) is 0.408. The second kappa shape index (κ2) is 13.9. The number of Topliss-reactive ketones (excluding diaryl/α,β-unsaturated/α-hetero) is 1. The molecule has 0 amide bonds. The fourth-order valence-electron chi connectivity index (χ4n) is 12.5. The first kappa shape index (κ1) is 37.2. The largest absolute Gasteiger partial charge is 0.393 e. The molecule has 1 heterocycles. The molecule has 1 aromatic heterocycles. The molecule has 6 aliphatic rings. The minimum absolute atomic E-state index is 0.0595. The van der Waals surface area contributed by atoms with Gasteiger partial charge in [-0.05, 0) is 90.8 Å². The van der Waals surface area contributed by atoms with Crippen molar-refractivity contribution in [2.75, 3.05) is 19.7 Å². The number of benzene rings is 3. The number of ketones is 1. The lowest BCUT2D eigenvalue weighted by atomic mass is 9.32. The second-order valence-corrected chi connectivity index (χ2v) is 19.2. The lowest BCUT2D eigenvalue weighted by Gasteiger charge is -2.71. The quantitative estimate of drug-likeness (QED) is 0.0990. The molecule has 2 spiro atoms. The van der Waals surface area contributed by atoms with E-state index in [1.54, 1.807) is 11.3 Å². The van der Waals surface area contributed by atoms with Crippen LogP contribution in [-0.4, -0.2) is 63.5 Å². The number of allylic oxidation sites excluding steroid dienone is 4. The van der Waals surface area contributed by atoms with Crippen molar-refractivity contribution in [2.24, 2.45) is 33.5 Å². The van der Waals surface area contributed by atoms with Gasteiger partial charge in [-0.3, -0.25) is 9.69 Å². The van der Waals surface area contributed by atoms with E-state index in [2.05, 4.69) is 67.3 Å². The Balaban J connectivity index is 1.05. The first-order valence-electron chi connectivity index (χ1n) is 20.4. The van der Waals surface area contributed by atoms with Crippen LogP contribution >= 0.6 is 11.3 Å². The van der Waals surface area contributed by atoms with E-state index in [1.165, 1.54) is 0 Å². The molecule has 3 fully saturated rings. The number of ether oxygens (including phenoxy) is 1. The molecule has 0 aliphatic heterocycles. The highest BCUT2D eigenvalue weighted by Crippen LogP contribution is 2.78. The molecule has 9 unspecified atom stereocenters. The average Bonchev–Trinajstić information content (AvgIpc) is 3.73. The number of carbonyl (C=O) groups is 1. The highest BCUT2D eigenvalue weighted by Gasteiger charge is 2.74. The van der Waals surface area contributed by atoms with Gasteiger partial charge in [0.1, 0.15) is 0 Å². The lowest BCUT2D eigenvalue weighted by Crippen LogP contribution is -2.67. The van der Waals surface area contributed by atoms with E-state index in [0.717, 1.165) is 63.8 Å². The molecule has 9 atom stereocenters. The minimum Gasteiger partial charge on any atom is -0.393 e. The molecule has 3 saturated carbocycles. The maximum absolute atomic E-state index is 15.1. The topological polar surface area (TPSA) is 90.2 Å². The van der Waals surface area contributed by atoms with Crippen molar-refractivity contribution in [3.8, 4) is 0 Å². The Morgan fingerprint density at radius 2 is 1.55 bits per heavy atom. The zero-order valence-electron chi connectivity index (χ0n) is 32.2. The Morgan fingerprint density at radius 3 is 2.31 bits per heavy atom. The maximum atomic E-state index is 15.1. The summed E-state index contributed by atoms with van der Waals surface area (Å²) >= 11 is 1.58. The number of rotatable bonds is 12. The van der Waals surface area contributed by atoms with E-state index in [-0.39, 0.29) is 41.2 Å². The van der Waals surface area contributed by atoms with Gasteiger partial charge in [-0.2, -0.15) is 0 Å². The molecule has 3 aromatic carbocycles. The van der Waals surface area contributed by atoms with Gasteiger partial charge in [-0.1, -0.05) is 111 Å². The van der Waals surface area contributed by atoms with Crippen molar-refractivity contribution in [2.45, 2.75) is 89.8 Å². The van der Waals surface area contributed by atoms with Gasteiger partial charge in [0.15, 0.2) is 5.78 Å². The van der Waals surface area contributed by atoms with Gasteiger partial charge in [0, 0.05) is 46.2 Å². The van der Waals surface area contributed by atoms with E-state index >= 15 is 4.79 Å². The average molecular weight is 758 g/mol. The Labute approximate surface area is 329 Å². The Hall–Kier alpha value is -3.43. The molecule has 4 aromatic rings. The van der Waals surface area contributed by atoms with Gasteiger partial charge in [-0.25, -0.2) is 0 Å². The van der Waals surface area contributed by atoms with E-state index < -0.39 is 22.5 Å². The highest BCUT2D eigenvalue weighted by atomic mass is 32.1. The normalized spacial score (nSPS) is 35.3. The van der Waals surface area contributed by atoms with Gasteiger partial charge in [0.2, 0.25) is 0 Å². The van der Waals surface area contributed by atoms with Crippen LogP contribution in [0.2, 0.25) is 0 Å². The van der Waals surface area contributed by atoms with Gasteiger partial charge >= 0.3 is 0 Å². The van der Waals surface area contributed by atoms with Crippen molar-refractivity contribution in [1.82, 2.24) is 4.90 Å². The molecule has 0 saturated heterocycles. The molecule has 0 radical (unpaired) electrons. The Morgan fingerprint density at radius 1 is 0.873 bits per heavy atom. The molecule has 3 N–H and O–H groups in total. The molecule has 6 nitrogen and oxygen atoms in total. The minimum atomic E-state index is -1.04. The van der Waals surface area contributed by atoms with E-state index in [4.69, 9.17) is 4.74 Å². The van der Waals surface area contributed by atoms with Gasteiger partial charge < -0.3 is 20.1 Å². The summed E-state index contributed by atoms with van der Waals surface area (Å²) in [6.07, 6.45) is 11.6. The van der Waals surface area contributed by atoms with Crippen LogP contribution in [0.15, 0.2) is 115 Å². The number of aliphatic hydroxyl groups is 3. The van der Waals surface area contributed by atoms with Crippen LogP contribution in [0, 0.1) is 33.5 Å². The van der Waals surface area contributed by atoms with E-state index in [9.17, 15) is 15.3 Å². The summed E-state index contributed by atoms with van der Waals surface area (Å²) in [6.45, 7) is 6.78. The smallest absolute Gasteiger partial charge is 0.199 e. The van der Waals surface area contributed by atoms with Crippen molar-refractivity contribution >= 4 is 27.2 Å². The molecular weight excluding hydrogens is 703 g/mol. The number of nitrogens with zero attached hydrogens (tertiary/aromatic N) is 1. The van der Waals surface area contributed by atoms with Gasteiger partial charge in [-0.15, -0.1) is 11.3 Å². The highest BCUT2D eigenvalue weighted by molar-refractivity contribution is 7.21. The van der Waals surface area contributed by atoms with Crippen LogP contribution in [0.1, 0.15) is 79.6 Å². The summed E-state index contributed by atoms with van der Waals surface area (Å²) in [6, 6.07) is 30.6. The summed E-state index contributed by atoms with van der Waals surface area (Å²) in [5, 5.41) is 36.8. The van der Waals surface area contributed by atoms with Crippen LogP contribution in [0.4, 0.5) is 0 Å². The zero-order valence-corrected chi connectivity index (χ0v) is 33.0. The predicted molar refractivity (Wildman–Crippen MR) is 219 cm³/mol. The van der Waals surface area contributed by atoms with Crippen LogP contribution in [0.5, 0.6) is 0 Å². The summed E-state index contributed by atoms with van der Waals surface area (Å²) in [5.41, 5.74) is 0.618. The summed E-state index contributed by atoms with van der Waals surface area (Å²) < 4.78 is 7.09. The lowest BCUT2D eigenvalue weighted by molar-refractivity contribution is -0.177. The van der Waals surface area contributed by atoms with Crippen LogP contribution in [0.3, 0.4) is 0 Å². The number of fused-ring (bicyclic) bond motifs is 2. The van der Waals surface area contributed by atoms with Crippen molar-refractivity contribution in [3.05, 3.63) is 131 Å². The van der Waals surface area contributed by atoms with Gasteiger partial charge in [0.25, 0.3) is 0 Å². The van der Waals surface area contributed by atoms with Crippen molar-refractivity contribution in [3.63, 3.8) is 0 Å². The third kappa shape index (κ3) is 5.95. The summed E-state index contributed by atoms with van der Waals surface area (Å²) in [7, 11) is 0. The zero-order chi connectivity index (χ0) is 38.1. The number of carbonyl (C=O) groups excluding carboxylic acids is 1. The van der Waals surface area contributed by atoms with Crippen molar-refractivity contribution in [1.29, 1.82) is 0 Å². The van der Waals surface area contributed by atoms with Crippen LogP contribution < -0.4 is 0 Å². The first-order valence-corrected chi connectivity index (χ1v) is 21.2. The number of hydrogen-bond donors (Lipinski definition) is 3. The number of aliphatic hydroxyl groups excluding tert-OH is 2. The molecule has 6 aliphatic carbocycles. The maximum Gasteiger partial charge on any atom is 0.199 e. The van der Waals surface area contributed by atoms with Crippen LogP contribution in [-0.2, 0) is 17.9 Å². The fraction of sp³-hybridized carbons (Fsp3) is 0.479. The van der Waals surface area contributed by atoms with Crippen LogP contribution in [0.25, 0.3) is 10.1 Å². The standard InChI is InChI=1S/C48H55NO5S/c1-44-20-17-36(50)26-46(44)23-24-48(38(27-46)43(52)40-25-35-15-9-10-16-39(35)55-40)41(44)18-21-45(2)42(48)19-22-47(45,53)32-49(28-33-11-5-3-6-12-33)29-37(51)31-54-30-34-13-7-4-8-14-34/h3-16,23-25,27,36-37,41-42,50-51,53H,17-22,26,28-32H2,1-2H3. The molecule has 55 heavy (non-hydrogen) atoms. The van der Waals surface area contributed by atoms with Gasteiger partial charge in [0.05, 0.1) is 35.9 Å². The fourth-order valence-corrected chi connectivity index (χ4v) is 13.5. The second-order valence-electron chi connectivity index (χ2n) is 18.1. The Bertz CT molecular complexity index is 2080. The first-order chi connectivity index (χ1) is 26.5. The third-order valence-electron chi connectivity index (χ3n) is 15.2. The SMILES string of the molecule is CC12CCC(O)CC13C=CC1(C(C(=O)c4cc5ccccc5s4)=C3)C2CCC2(C)C1CCC2(O)CN(Cc1ccccc1)CC(O)COCc1ccccc1. The molecule has 288 valence electrons. The van der Waals surface area contributed by atoms with E-state index in [0.29, 0.717) is 39.1 Å². The predicted octanol–water partition coefficient (Wildman–Crippen LogP) is 8.76. The molecular formula is C48H55NO5S. The van der Waals surface area contributed by atoms with E-state index in [1.807, 2.05) is 60.7 Å². The number of thiophene rings is 1. The summed E-state index contributed by atoms with van der Waals surface area (Å²) in [4.78, 5) is 18.1. The molecule has 7 heteroatoms. The Kier molecular flexibility index (Phi) is 9.39. The third-order valence-corrected chi connectivity index (χ3v) is 16.3. The number of hydrogen-bond acceptors (Lipinski definition) is 7.